The molecule has 1 aliphatic heterocycles. The molecule has 10 heteroatoms. The molecule has 4 rings (SSSR count). The smallest absolute Gasteiger partial charge is 0.317 e. The largest absolute Gasteiger partial charge is 0.491 e. The van der Waals surface area contributed by atoms with Crippen molar-refractivity contribution in [1.29, 1.82) is 0 Å². The molecule has 7 nitrogen and oxygen atoms in total. The number of aliphatic hydroxyl groups is 1. The molecule has 0 aliphatic carbocycles. The summed E-state index contributed by atoms with van der Waals surface area (Å²) in [5.41, 5.74) is 1.81. The number of hydrogen-bond donors (Lipinski definition) is 2. The first kappa shape index (κ1) is 24.0. The first-order chi connectivity index (χ1) is 15.9. The lowest BCUT2D eigenvalue weighted by Gasteiger charge is -2.35. The zero-order valence-corrected chi connectivity index (χ0v) is 20.6. The van der Waals surface area contributed by atoms with E-state index in [2.05, 4.69) is 15.2 Å². The molecule has 1 atom stereocenters. The van der Waals surface area contributed by atoms with Crippen LogP contribution in [0.15, 0.2) is 36.4 Å². The highest BCUT2D eigenvalue weighted by molar-refractivity contribution is 7.18. The summed E-state index contributed by atoms with van der Waals surface area (Å²) in [5.74, 6) is 0.704. The van der Waals surface area contributed by atoms with Crippen LogP contribution in [0.5, 0.6) is 5.75 Å². The van der Waals surface area contributed by atoms with E-state index >= 15 is 0 Å². The Labute approximate surface area is 206 Å². The summed E-state index contributed by atoms with van der Waals surface area (Å²) < 4.78 is 6.90. The summed E-state index contributed by atoms with van der Waals surface area (Å²) in [7, 11) is 0. The Morgan fingerprint density at radius 3 is 2.73 bits per heavy atom. The van der Waals surface area contributed by atoms with Gasteiger partial charge in [0, 0.05) is 45.3 Å². The second-order valence-electron chi connectivity index (χ2n) is 8.02. The van der Waals surface area contributed by atoms with Crippen LogP contribution in [0.3, 0.4) is 0 Å². The molecule has 1 aromatic heterocycles. The normalized spacial score (nSPS) is 15.6. The van der Waals surface area contributed by atoms with E-state index in [4.69, 9.17) is 27.9 Å². The van der Waals surface area contributed by atoms with Crippen LogP contribution in [0, 0.1) is 6.92 Å². The van der Waals surface area contributed by atoms with E-state index in [0.717, 1.165) is 20.8 Å². The molecular formula is C23H26Cl2N4O3S. The van der Waals surface area contributed by atoms with Crippen LogP contribution in [0.4, 0.5) is 4.79 Å². The number of aliphatic hydroxyl groups excluding tert-OH is 1. The van der Waals surface area contributed by atoms with E-state index in [-0.39, 0.29) is 12.6 Å². The van der Waals surface area contributed by atoms with Crippen molar-refractivity contribution in [1.82, 2.24) is 20.1 Å². The fourth-order valence-electron chi connectivity index (χ4n) is 3.73. The molecule has 2 amide bonds. The van der Waals surface area contributed by atoms with Crippen molar-refractivity contribution in [3.8, 4) is 5.75 Å². The molecule has 2 aromatic carbocycles. The minimum Gasteiger partial charge on any atom is -0.491 e. The number of thiazole rings is 1. The number of hydrogen-bond acceptors (Lipinski definition) is 6. The van der Waals surface area contributed by atoms with Gasteiger partial charge >= 0.3 is 6.03 Å². The molecule has 1 aliphatic rings. The Hall–Kier alpha value is -2.10. The van der Waals surface area contributed by atoms with E-state index in [1.807, 2.05) is 31.2 Å². The van der Waals surface area contributed by atoms with Gasteiger partial charge in [-0.25, -0.2) is 9.78 Å². The highest BCUT2D eigenvalue weighted by atomic mass is 35.5. The lowest BCUT2D eigenvalue weighted by molar-refractivity contribution is 0.0516. The first-order valence-corrected chi connectivity index (χ1v) is 12.3. The van der Waals surface area contributed by atoms with E-state index in [9.17, 15) is 9.90 Å². The van der Waals surface area contributed by atoms with Crippen molar-refractivity contribution in [2.24, 2.45) is 0 Å². The second kappa shape index (κ2) is 10.9. The van der Waals surface area contributed by atoms with Crippen LogP contribution in [0.1, 0.15) is 10.6 Å². The molecule has 1 saturated heterocycles. The molecule has 0 bridgehead atoms. The predicted octanol–water partition coefficient (Wildman–Crippen LogP) is 4.18. The maximum Gasteiger partial charge on any atom is 0.317 e. The van der Waals surface area contributed by atoms with Gasteiger partial charge in [-0.15, -0.1) is 11.3 Å². The number of carbonyl (C=O) groups is 1. The first-order valence-electron chi connectivity index (χ1n) is 10.7. The number of aryl methyl sites for hydroxylation is 1. The van der Waals surface area contributed by atoms with Crippen molar-refractivity contribution in [2.75, 3.05) is 39.3 Å². The van der Waals surface area contributed by atoms with Crippen LogP contribution in [-0.4, -0.2) is 71.4 Å². The maximum atomic E-state index is 12.5. The van der Waals surface area contributed by atoms with Gasteiger partial charge in [-0.3, -0.25) is 4.90 Å². The minimum absolute atomic E-state index is 0.114. The Morgan fingerprint density at radius 1 is 1.18 bits per heavy atom. The van der Waals surface area contributed by atoms with Crippen LogP contribution < -0.4 is 10.1 Å². The second-order valence-corrected chi connectivity index (χ2v) is 10.1. The van der Waals surface area contributed by atoms with Gasteiger partial charge in [0.05, 0.1) is 25.3 Å². The molecular weight excluding hydrogens is 483 g/mol. The molecule has 3 aromatic rings. The topological polar surface area (TPSA) is 77.9 Å². The molecule has 0 unspecified atom stereocenters. The summed E-state index contributed by atoms with van der Waals surface area (Å²) in [5, 5.41) is 15.3. The van der Waals surface area contributed by atoms with Crippen molar-refractivity contribution >= 4 is 50.8 Å². The molecule has 0 radical (unpaired) electrons. The molecule has 33 heavy (non-hydrogen) atoms. The summed E-state index contributed by atoms with van der Waals surface area (Å²) >= 11 is 13.6. The van der Waals surface area contributed by atoms with Gasteiger partial charge in [-0.2, -0.15) is 0 Å². The zero-order valence-electron chi connectivity index (χ0n) is 18.3. The summed E-state index contributed by atoms with van der Waals surface area (Å²) in [6.07, 6.45) is -0.618. The van der Waals surface area contributed by atoms with Gasteiger partial charge in [-0.1, -0.05) is 29.3 Å². The van der Waals surface area contributed by atoms with E-state index in [1.165, 1.54) is 0 Å². The Morgan fingerprint density at radius 2 is 1.97 bits per heavy atom. The number of β-amino-alcohol motifs (C(OH)–C–C–N with tert-alkyl or cyclic N) is 1. The number of nitrogens with zero attached hydrogens (tertiary/aromatic N) is 3. The van der Waals surface area contributed by atoms with Crippen molar-refractivity contribution in [2.45, 2.75) is 19.6 Å². The molecule has 0 spiro atoms. The van der Waals surface area contributed by atoms with Gasteiger partial charge in [0.25, 0.3) is 0 Å². The highest BCUT2D eigenvalue weighted by Crippen LogP contribution is 2.25. The van der Waals surface area contributed by atoms with Crippen LogP contribution in [0.25, 0.3) is 10.2 Å². The Kier molecular flexibility index (Phi) is 7.93. The molecule has 0 saturated carbocycles. The van der Waals surface area contributed by atoms with E-state index in [1.54, 1.807) is 28.4 Å². The molecule has 1 fully saturated rings. The molecule has 2 N–H and O–H groups in total. The average molecular weight is 509 g/mol. The summed E-state index contributed by atoms with van der Waals surface area (Å²) in [6, 6.07) is 11.0. The lowest BCUT2D eigenvalue weighted by atomic mass is 10.2. The fraction of sp³-hybridized carbons (Fsp3) is 0.391. The SMILES string of the molecule is Cc1nc2cc(OC[C@H](O)CN3CCN(C(=O)NCc4ccc(Cl)c(Cl)c4)CC3)ccc2s1. The number of carbonyl (C=O) groups excluding carboxylic acids is 1. The number of nitrogens with one attached hydrogen (secondary N) is 1. The van der Waals surface area contributed by atoms with E-state index < -0.39 is 6.10 Å². The van der Waals surface area contributed by atoms with Gasteiger partial charge < -0.3 is 20.1 Å². The summed E-state index contributed by atoms with van der Waals surface area (Å²) in [4.78, 5) is 20.9. The maximum absolute atomic E-state index is 12.5. The third-order valence-corrected chi connectivity index (χ3v) is 7.16. The lowest BCUT2D eigenvalue weighted by Crippen LogP contribution is -2.53. The number of amides is 2. The van der Waals surface area contributed by atoms with Gasteiger partial charge in [0.1, 0.15) is 18.5 Å². The van der Waals surface area contributed by atoms with Crippen molar-refractivity contribution in [3.63, 3.8) is 0 Å². The van der Waals surface area contributed by atoms with Crippen molar-refractivity contribution < 1.29 is 14.6 Å². The predicted molar refractivity (Wildman–Crippen MR) is 133 cm³/mol. The number of piperazine rings is 1. The number of urea groups is 1. The quantitative estimate of drug-likeness (QED) is 0.500. The van der Waals surface area contributed by atoms with Gasteiger partial charge in [0.2, 0.25) is 0 Å². The third kappa shape index (κ3) is 6.49. The standard InChI is InChI=1S/C23H26Cl2N4O3S/c1-15-27-21-11-18(3-5-22(21)33-15)32-14-17(30)13-28-6-8-29(9-7-28)23(31)26-12-16-2-4-19(24)20(25)10-16/h2-5,10-11,17,30H,6-9,12-14H2,1H3,(H,26,31)/t17-/m1/s1. The monoisotopic (exact) mass is 508 g/mol. The average Bonchev–Trinajstić information content (AvgIpc) is 3.18. The van der Waals surface area contributed by atoms with Gasteiger partial charge in [0.15, 0.2) is 0 Å². The minimum atomic E-state index is -0.618. The number of fused-ring (bicyclic) bond motifs is 1. The number of halogens is 2. The molecule has 176 valence electrons. The number of ether oxygens (including phenoxy) is 1. The third-order valence-electron chi connectivity index (χ3n) is 5.46. The zero-order chi connectivity index (χ0) is 23.4. The number of rotatable bonds is 7. The van der Waals surface area contributed by atoms with Crippen LogP contribution in [0.2, 0.25) is 10.0 Å². The highest BCUT2D eigenvalue weighted by Gasteiger charge is 2.22. The summed E-state index contributed by atoms with van der Waals surface area (Å²) in [6.45, 7) is 5.66. The van der Waals surface area contributed by atoms with Crippen LogP contribution in [-0.2, 0) is 6.54 Å². The van der Waals surface area contributed by atoms with Gasteiger partial charge in [-0.05, 0) is 36.8 Å². The van der Waals surface area contributed by atoms with Crippen molar-refractivity contribution in [3.05, 3.63) is 57.0 Å². The Bertz CT molecular complexity index is 1120. The number of aromatic nitrogens is 1. The van der Waals surface area contributed by atoms with Crippen LogP contribution >= 0.6 is 34.5 Å². The Balaban J connectivity index is 1.17. The van der Waals surface area contributed by atoms with E-state index in [0.29, 0.717) is 55.1 Å². The fourth-order valence-corrected chi connectivity index (χ4v) is 4.86. The molecule has 2 heterocycles. The number of benzene rings is 2.